The number of carbonyl (C=O) groups is 2. The molecule has 2 bridgehead atoms. The van der Waals surface area contributed by atoms with E-state index >= 15 is 0 Å². The summed E-state index contributed by atoms with van der Waals surface area (Å²) in [4.78, 5) is 33.1. The van der Waals surface area contributed by atoms with E-state index in [1.54, 1.807) is 6.20 Å². The number of rotatable bonds is 4. The molecule has 0 radical (unpaired) electrons. The van der Waals surface area contributed by atoms with Crippen molar-refractivity contribution in [3.05, 3.63) is 95.9 Å². The molecule has 0 N–H and O–H groups in total. The Hall–Kier alpha value is -3.97. The molecular weight excluding hydrogens is 466 g/mol. The summed E-state index contributed by atoms with van der Waals surface area (Å²) in [6, 6.07) is 21.9. The van der Waals surface area contributed by atoms with Crippen LogP contribution >= 0.6 is 0 Å². The summed E-state index contributed by atoms with van der Waals surface area (Å²) in [6.07, 6.45) is 4.32. The second-order valence-corrected chi connectivity index (χ2v) is 10.2. The van der Waals surface area contributed by atoms with E-state index in [1.165, 1.54) is 22.3 Å². The molecule has 37 heavy (non-hydrogen) atoms. The van der Waals surface area contributed by atoms with Crippen LogP contribution in [0, 0.1) is 5.92 Å². The molecule has 186 valence electrons. The number of imidazole rings is 1. The van der Waals surface area contributed by atoms with Crippen LogP contribution in [0.5, 0.6) is 0 Å². The first-order valence-electron chi connectivity index (χ1n) is 12.9. The third-order valence-electron chi connectivity index (χ3n) is 8.12. The van der Waals surface area contributed by atoms with Gasteiger partial charge in [-0.2, -0.15) is 0 Å². The molecule has 0 saturated carbocycles. The lowest BCUT2D eigenvalue weighted by molar-refractivity contribution is -0.0748. The SMILES string of the molecule is O=C(c1cccc2nccn12)C1CC2COCC(C1)N2C(=O)OCC1c2ccccc2-c2ccccc21. The minimum atomic E-state index is -0.317. The van der Waals surface area contributed by atoms with E-state index in [-0.39, 0.29) is 42.4 Å². The van der Waals surface area contributed by atoms with Crippen LogP contribution in [-0.2, 0) is 9.47 Å². The third kappa shape index (κ3) is 3.64. The molecule has 3 aliphatic rings. The monoisotopic (exact) mass is 493 g/mol. The first-order valence-corrected chi connectivity index (χ1v) is 12.9. The van der Waals surface area contributed by atoms with E-state index in [0.717, 1.165) is 5.65 Å². The minimum absolute atomic E-state index is 0.0160. The molecule has 4 heterocycles. The van der Waals surface area contributed by atoms with E-state index in [0.29, 0.717) is 31.7 Å². The molecule has 2 atom stereocenters. The highest BCUT2D eigenvalue weighted by Gasteiger charge is 2.45. The molecule has 2 fully saturated rings. The number of ether oxygens (including phenoxy) is 2. The van der Waals surface area contributed by atoms with Crippen LogP contribution in [0.4, 0.5) is 4.79 Å². The molecule has 4 aromatic rings. The fourth-order valence-electron chi connectivity index (χ4n) is 6.45. The van der Waals surface area contributed by atoms with Gasteiger partial charge in [0.2, 0.25) is 0 Å². The zero-order chi connectivity index (χ0) is 24.9. The fourth-order valence-corrected chi connectivity index (χ4v) is 6.45. The Morgan fingerprint density at radius 1 is 0.892 bits per heavy atom. The molecule has 2 aromatic carbocycles. The van der Waals surface area contributed by atoms with Gasteiger partial charge < -0.3 is 9.47 Å². The van der Waals surface area contributed by atoms with Crippen molar-refractivity contribution in [2.75, 3.05) is 19.8 Å². The highest BCUT2D eigenvalue weighted by Crippen LogP contribution is 2.44. The van der Waals surface area contributed by atoms with E-state index in [2.05, 4.69) is 29.2 Å². The number of hydrogen-bond donors (Lipinski definition) is 0. The topological polar surface area (TPSA) is 73.1 Å². The van der Waals surface area contributed by atoms with Crippen LogP contribution in [-0.4, -0.2) is 58.1 Å². The molecule has 7 heteroatoms. The molecule has 1 amide bonds. The molecule has 0 spiro atoms. The normalized spacial score (nSPS) is 22.5. The van der Waals surface area contributed by atoms with Crippen molar-refractivity contribution in [1.29, 1.82) is 0 Å². The number of carbonyl (C=O) groups excluding carboxylic acids is 2. The van der Waals surface area contributed by atoms with Gasteiger partial charge in [-0.3, -0.25) is 14.1 Å². The van der Waals surface area contributed by atoms with Gasteiger partial charge in [-0.25, -0.2) is 9.78 Å². The van der Waals surface area contributed by atoms with Crippen molar-refractivity contribution >= 4 is 17.5 Å². The lowest BCUT2D eigenvalue weighted by atomic mass is 9.81. The van der Waals surface area contributed by atoms with E-state index in [9.17, 15) is 9.59 Å². The van der Waals surface area contributed by atoms with Crippen LogP contribution in [0.15, 0.2) is 79.1 Å². The van der Waals surface area contributed by atoms with Crippen molar-refractivity contribution < 1.29 is 19.1 Å². The summed E-state index contributed by atoms with van der Waals surface area (Å²) in [5.41, 5.74) is 6.18. The van der Waals surface area contributed by atoms with Crippen LogP contribution in [0.2, 0.25) is 0 Å². The molecule has 7 rings (SSSR count). The summed E-state index contributed by atoms with van der Waals surface area (Å²) in [6.45, 7) is 1.12. The second-order valence-electron chi connectivity index (χ2n) is 10.2. The quantitative estimate of drug-likeness (QED) is 0.377. The largest absolute Gasteiger partial charge is 0.448 e. The van der Waals surface area contributed by atoms with Crippen molar-refractivity contribution in [2.24, 2.45) is 5.92 Å². The molecule has 2 unspecified atom stereocenters. The smallest absolute Gasteiger partial charge is 0.410 e. The second kappa shape index (κ2) is 8.85. The van der Waals surface area contributed by atoms with E-state index in [1.807, 2.05) is 58.0 Å². The Morgan fingerprint density at radius 3 is 2.27 bits per heavy atom. The Balaban J connectivity index is 1.08. The maximum Gasteiger partial charge on any atom is 0.410 e. The standard InChI is InChI=1S/C30H27N3O4/c34-29(27-10-5-11-28-31-12-13-32(27)28)19-14-20-16-36-17-21(15-19)33(20)30(35)37-18-26-24-8-3-1-6-22(24)23-7-2-4-9-25(23)26/h1-13,19-21,26H,14-18H2. The summed E-state index contributed by atoms with van der Waals surface area (Å²) in [7, 11) is 0. The van der Waals surface area contributed by atoms with Gasteiger partial charge in [-0.1, -0.05) is 54.6 Å². The van der Waals surface area contributed by atoms with Crippen LogP contribution in [0.25, 0.3) is 16.8 Å². The zero-order valence-electron chi connectivity index (χ0n) is 20.3. The number of fused-ring (bicyclic) bond motifs is 6. The van der Waals surface area contributed by atoms with Crippen LogP contribution in [0.3, 0.4) is 0 Å². The number of morpholine rings is 1. The molecule has 2 aromatic heterocycles. The van der Waals surface area contributed by atoms with Crippen molar-refractivity contribution in [1.82, 2.24) is 14.3 Å². The number of Topliss-reactive ketones (excluding diaryl/α,β-unsaturated/α-hetero) is 1. The van der Waals surface area contributed by atoms with Gasteiger partial charge in [0, 0.05) is 24.2 Å². The molecule has 2 saturated heterocycles. The van der Waals surface area contributed by atoms with Gasteiger partial charge in [0.15, 0.2) is 5.78 Å². The van der Waals surface area contributed by atoms with E-state index < -0.39 is 0 Å². The Kier molecular flexibility index (Phi) is 5.32. The summed E-state index contributed by atoms with van der Waals surface area (Å²) in [5, 5.41) is 0. The Labute approximate surface area is 214 Å². The zero-order valence-corrected chi connectivity index (χ0v) is 20.3. The number of hydrogen-bond acceptors (Lipinski definition) is 5. The van der Waals surface area contributed by atoms with Gasteiger partial charge in [0.05, 0.1) is 31.0 Å². The number of ketones is 1. The number of piperidine rings is 1. The Bertz CT molecular complexity index is 1450. The first-order chi connectivity index (χ1) is 18.2. The van der Waals surface area contributed by atoms with E-state index in [4.69, 9.17) is 9.47 Å². The number of pyridine rings is 1. The van der Waals surface area contributed by atoms with Crippen molar-refractivity contribution in [3.63, 3.8) is 0 Å². The molecular formula is C30H27N3O4. The van der Waals surface area contributed by atoms with Crippen molar-refractivity contribution in [3.8, 4) is 11.1 Å². The first kappa shape index (κ1) is 22.2. The van der Waals surface area contributed by atoms with Crippen molar-refractivity contribution in [2.45, 2.75) is 30.8 Å². The molecule has 2 aliphatic heterocycles. The predicted octanol–water partition coefficient (Wildman–Crippen LogP) is 4.95. The summed E-state index contributed by atoms with van der Waals surface area (Å²) >= 11 is 0. The fraction of sp³-hybridized carbons (Fsp3) is 0.300. The Morgan fingerprint density at radius 2 is 1.57 bits per heavy atom. The lowest BCUT2D eigenvalue weighted by Crippen LogP contribution is -2.60. The number of benzene rings is 2. The van der Waals surface area contributed by atoms with Crippen LogP contribution in [0.1, 0.15) is 40.4 Å². The van der Waals surface area contributed by atoms with Gasteiger partial charge in [-0.15, -0.1) is 0 Å². The predicted molar refractivity (Wildman–Crippen MR) is 138 cm³/mol. The van der Waals surface area contributed by atoms with Gasteiger partial charge in [0.25, 0.3) is 0 Å². The summed E-state index contributed by atoms with van der Waals surface area (Å²) < 4.78 is 13.6. The van der Waals surface area contributed by atoms with Gasteiger partial charge in [0.1, 0.15) is 12.3 Å². The average molecular weight is 494 g/mol. The average Bonchev–Trinajstić information content (AvgIpc) is 3.53. The highest BCUT2D eigenvalue weighted by atomic mass is 16.6. The number of amides is 1. The molecule has 7 nitrogen and oxygen atoms in total. The maximum atomic E-state index is 13.5. The number of nitrogens with zero attached hydrogens (tertiary/aromatic N) is 3. The minimum Gasteiger partial charge on any atom is -0.448 e. The summed E-state index contributed by atoms with van der Waals surface area (Å²) in [5.74, 6) is -0.0700. The molecule has 1 aliphatic carbocycles. The lowest BCUT2D eigenvalue weighted by Gasteiger charge is -2.47. The third-order valence-corrected chi connectivity index (χ3v) is 8.12. The maximum absolute atomic E-state index is 13.5. The van der Waals surface area contributed by atoms with Gasteiger partial charge >= 0.3 is 6.09 Å². The van der Waals surface area contributed by atoms with Crippen LogP contribution < -0.4 is 0 Å². The number of aromatic nitrogens is 2. The van der Waals surface area contributed by atoms with Gasteiger partial charge in [-0.05, 0) is 47.2 Å². The highest BCUT2D eigenvalue weighted by molar-refractivity contribution is 5.97.